The number of carboxylic acid groups (broad SMARTS) is 1. The van der Waals surface area contributed by atoms with Gasteiger partial charge in [-0.15, -0.1) is 0 Å². The predicted molar refractivity (Wildman–Crippen MR) is 55.7 cm³/mol. The van der Waals surface area contributed by atoms with Gasteiger partial charge >= 0.3 is 12.0 Å². The highest BCUT2D eigenvalue weighted by Gasteiger charge is 2.11. The van der Waals surface area contributed by atoms with Crippen molar-refractivity contribution in [3.05, 3.63) is 30.1 Å². The topological polar surface area (TPSA) is 69.6 Å². The third-order valence-corrected chi connectivity index (χ3v) is 1.80. The van der Waals surface area contributed by atoms with Crippen LogP contribution in [0.2, 0.25) is 0 Å². The number of likely N-dealkylation sites (N-methyl/N-ethyl adjacent to an activating group) is 1. The van der Waals surface area contributed by atoms with E-state index in [9.17, 15) is 14.0 Å². The second-order valence-corrected chi connectivity index (χ2v) is 3.19. The first kappa shape index (κ1) is 12.0. The molecule has 5 nitrogen and oxygen atoms in total. The van der Waals surface area contributed by atoms with E-state index < -0.39 is 24.4 Å². The summed E-state index contributed by atoms with van der Waals surface area (Å²) in [6.07, 6.45) is 0. The molecule has 0 aliphatic carbocycles. The molecule has 1 aromatic carbocycles. The number of hydrogen-bond acceptors (Lipinski definition) is 2. The molecule has 2 N–H and O–H groups in total. The van der Waals surface area contributed by atoms with Gasteiger partial charge in [0, 0.05) is 12.7 Å². The van der Waals surface area contributed by atoms with Crippen LogP contribution < -0.4 is 5.32 Å². The normalized spacial score (nSPS) is 9.62. The van der Waals surface area contributed by atoms with E-state index in [2.05, 4.69) is 5.32 Å². The number of carbonyl (C=O) groups excluding carboxylic acids is 1. The number of hydrogen-bond donors (Lipinski definition) is 2. The maximum atomic E-state index is 12.8. The lowest BCUT2D eigenvalue weighted by molar-refractivity contribution is -0.137. The van der Waals surface area contributed by atoms with E-state index in [-0.39, 0.29) is 5.69 Å². The molecular weight excluding hydrogens is 215 g/mol. The van der Waals surface area contributed by atoms with Gasteiger partial charge in [-0.3, -0.25) is 4.79 Å². The van der Waals surface area contributed by atoms with E-state index in [4.69, 9.17) is 5.11 Å². The number of rotatable bonds is 3. The molecule has 0 radical (unpaired) electrons. The molecule has 6 heteroatoms. The molecule has 0 spiro atoms. The molecule has 0 saturated heterocycles. The lowest BCUT2D eigenvalue weighted by Gasteiger charge is -2.15. The molecule has 0 aliphatic heterocycles. The summed E-state index contributed by atoms with van der Waals surface area (Å²) in [6.45, 7) is -0.416. The Balaban J connectivity index is 2.60. The van der Waals surface area contributed by atoms with Gasteiger partial charge in [-0.1, -0.05) is 6.07 Å². The van der Waals surface area contributed by atoms with E-state index in [0.29, 0.717) is 0 Å². The number of benzene rings is 1. The number of urea groups is 1. The summed E-state index contributed by atoms with van der Waals surface area (Å²) < 4.78 is 12.8. The van der Waals surface area contributed by atoms with Gasteiger partial charge in [0.05, 0.1) is 0 Å². The number of nitrogens with one attached hydrogen (secondary N) is 1. The van der Waals surface area contributed by atoms with Gasteiger partial charge in [-0.25, -0.2) is 9.18 Å². The van der Waals surface area contributed by atoms with Crippen LogP contribution in [-0.2, 0) is 4.79 Å². The Morgan fingerprint density at radius 2 is 2.19 bits per heavy atom. The fraction of sp³-hybridized carbons (Fsp3) is 0.200. The van der Waals surface area contributed by atoms with Crippen LogP contribution in [0.5, 0.6) is 0 Å². The van der Waals surface area contributed by atoms with Gasteiger partial charge in [0.15, 0.2) is 0 Å². The van der Waals surface area contributed by atoms with Crippen LogP contribution >= 0.6 is 0 Å². The summed E-state index contributed by atoms with van der Waals surface area (Å²) in [5.74, 6) is -1.59. The third kappa shape index (κ3) is 3.56. The number of carboxylic acids is 1. The van der Waals surface area contributed by atoms with Gasteiger partial charge in [-0.05, 0) is 18.2 Å². The van der Waals surface area contributed by atoms with Crippen molar-refractivity contribution >= 4 is 17.7 Å². The minimum atomic E-state index is -1.11. The van der Waals surface area contributed by atoms with Gasteiger partial charge in [-0.2, -0.15) is 0 Å². The Morgan fingerprint density at radius 3 is 2.75 bits per heavy atom. The first-order chi connectivity index (χ1) is 7.49. The lowest BCUT2D eigenvalue weighted by Crippen LogP contribution is -2.35. The molecular formula is C10H11FN2O3. The maximum absolute atomic E-state index is 12.8. The first-order valence-corrected chi connectivity index (χ1v) is 4.48. The molecule has 0 unspecified atom stereocenters. The van der Waals surface area contributed by atoms with Crippen molar-refractivity contribution < 1.29 is 19.1 Å². The van der Waals surface area contributed by atoms with Crippen LogP contribution in [0.15, 0.2) is 24.3 Å². The SMILES string of the molecule is CN(CC(=O)O)C(=O)Nc1cccc(F)c1. The molecule has 86 valence electrons. The van der Waals surface area contributed by atoms with E-state index in [1.807, 2.05) is 0 Å². The molecule has 0 heterocycles. The first-order valence-electron chi connectivity index (χ1n) is 4.48. The zero-order chi connectivity index (χ0) is 12.1. The zero-order valence-electron chi connectivity index (χ0n) is 8.61. The van der Waals surface area contributed by atoms with Gasteiger partial charge in [0.2, 0.25) is 0 Å². The molecule has 16 heavy (non-hydrogen) atoms. The summed E-state index contributed by atoms with van der Waals surface area (Å²) in [7, 11) is 1.34. The molecule has 0 atom stereocenters. The van der Waals surface area contributed by atoms with Crippen LogP contribution in [0, 0.1) is 5.82 Å². The fourth-order valence-corrected chi connectivity index (χ4v) is 1.06. The molecule has 0 aromatic heterocycles. The number of amides is 2. The summed E-state index contributed by atoms with van der Waals surface area (Å²) in [4.78, 5) is 22.7. The van der Waals surface area contributed by atoms with E-state index in [1.165, 1.54) is 25.2 Å². The van der Waals surface area contributed by atoms with Crippen molar-refractivity contribution in [2.45, 2.75) is 0 Å². The highest BCUT2D eigenvalue weighted by atomic mass is 19.1. The number of nitrogens with zero attached hydrogens (tertiary/aromatic N) is 1. The largest absolute Gasteiger partial charge is 0.480 e. The number of carbonyl (C=O) groups is 2. The Labute approximate surface area is 91.5 Å². The highest BCUT2D eigenvalue weighted by molar-refractivity contribution is 5.91. The van der Waals surface area contributed by atoms with Crippen LogP contribution in [0.4, 0.5) is 14.9 Å². The molecule has 0 saturated carbocycles. The molecule has 2 amide bonds. The zero-order valence-corrected chi connectivity index (χ0v) is 8.61. The summed E-state index contributed by atoms with van der Waals surface area (Å²) in [5, 5.41) is 10.8. The third-order valence-electron chi connectivity index (χ3n) is 1.80. The number of halogens is 1. The molecule has 0 bridgehead atoms. The minimum Gasteiger partial charge on any atom is -0.480 e. The minimum absolute atomic E-state index is 0.280. The van der Waals surface area contributed by atoms with Gasteiger partial charge in [0.1, 0.15) is 12.4 Å². The van der Waals surface area contributed by atoms with Crippen molar-refractivity contribution in [2.75, 3.05) is 18.9 Å². The fourth-order valence-electron chi connectivity index (χ4n) is 1.06. The molecule has 0 aliphatic rings. The average molecular weight is 226 g/mol. The van der Waals surface area contributed by atoms with Crippen molar-refractivity contribution in [1.29, 1.82) is 0 Å². The van der Waals surface area contributed by atoms with Gasteiger partial charge < -0.3 is 15.3 Å². The van der Waals surface area contributed by atoms with E-state index >= 15 is 0 Å². The Kier molecular flexibility index (Phi) is 3.82. The average Bonchev–Trinajstić information content (AvgIpc) is 2.16. The van der Waals surface area contributed by atoms with E-state index in [0.717, 1.165) is 11.0 Å². The summed E-state index contributed by atoms with van der Waals surface area (Å²) >= 11 is 0. The van der Waals surface area contributed by atoms with Crippen LogP contribution in [0.25, 0.3) is 0 Å². The van der Waals surface area contributed by atoms with Crippen LogP contribution in [-0.4, -0.2) is 35.6 Å². The monoisotopic (exact) mass is 226 g/mol. The van der Waals surface area contributed by atoms with Crippen molar-refractivity contribution in [1.82, 2.24) is 4.90 Å². The standard InChI is InChI=1S/C10H11FN2O3/c1-13(6-9(14)15)10(16)12-8-4-2-3-7(11)5-8/h2-5H,6H2,1H3,(H,12,16)(H,14,15). The number of aliphatic carboxylic acids is 1. The van der Waals surface area contributed by atoms with E-state index in [1.54, 1.807) is 0 Å². The van der Waals surface area contributed by atoms with Crippen molar-refractivity contribution in [2.24, 2.45) is 0 Å². The van der Waals surface area contributed by atoms with Crippen molar-refractivity contribution in [3.63, 3.8) is 0 Å². The summed E-state index contributed by atoms with van der Waals surface area (Å²) in [5.41, 5.74) is 0.280. The Bertz CT molecular complexity index is 409. The van der Waals surface area contributed by atoms with Crippen LogP contribution in [0.3, 0.4) is 0 Å². The maximum Gasteiger partial charge on any atom is 0.323 e. The highest BCUT2D eigenvalue weighted by Crippen LogP contribution is 2.09. The predicted octanol–water partition coefficient (Wildman–Crippen LogP) is 1.37. The molecule has 0 fully saturated rings. The smallest absolute Gasteiger partial charge is 0.323 e. The van der Waals surface area contributed by atoms with Crippen LogP contribution in [0.1, 0.15) is 0 Å². The second kappa shape index (κ2) is 5.11. The van der Waals surface area contributed by atoms with Crippen molar-refractivity contribution in [3.8, 4) is 0 Å². The number of anilines is 1. The lowest BCUT2D eigenvalue weighted by atomic mass is 10.3. The Morgan fingerprint density at radius 1 is 1.50 bits per heavy atom. The Hall–Kier alpha value is -2.11. The molecule has 1 aromatic rings. The summed E-state index contributed by atoms with van der Waals surface area (Å²) in [6, 6.07) is 4.74. The second-order valence-electron chi connectivity index (χ2n) is 3.19. The quantitative estimate of drug-likeness (QED) is 0.817. The molecule has 1 rings (SSSR count). The van der Waals surface area contributed by atoms with Gasteiger partial charge in [0.25, 0.3) is 0 Å².